The van der Waals surface area contributed by atoms with Crippen molar-refractivity contribution in [1.82, 2.24) is 9.97 Å². The number of halogens is 2. The van der Waals surface area contributed by atoms with Gasteiger partial charge in [0.05, 0.1) is 1.37 Å². The Balaban J connectivity index is 3.31. The molecule has 2 nitrogen and oxygen atoms in total. The second kappa shape index (κ2) is 2.29. The topological polar surface area (TPSA) is 25.8 Å². The molecular weight excluding hydrogens is 147 g/mol. The van der Waals surface area contributed by atoms with Crippen LogP contribution in [0.2, 0.25) is 10.3 Å². The Bertz CT molecular complexity index is 242. The molecule has 0 fully saturated rings. The van der Waals surface area contributed by atoms with Crippen molar-refractivity contribution >= 4 is 23.2 Å². The quantitative estimate of drug-likeness (QED) is 0.528. The first kappa shape index (κ1) is 3.64. The minimum Gasteiger partial charge on any atom is -0.225 e. The highest BCUT2D eigenvalue weighted by Gasteiger charge is 1.87. The maximum Gasteiger partial charge on any atom is 0.133 e. The van der Waals surface area contributed by atoms with Crippen LogP contribution in [0.4, 0.5) is 0 Å². The van der Waals surface area contributed by atoms with Crippen molar-refractivity contribution in [2.75, 3.05) is 0 Å². The molecule has 1 aromatic rings. The predicted molar refractivity (Wildman–Crippen MR) is 32.1 cm³/mol. The molecule has 0 N–H and O–H groups in total. The number of aromatic nitrogens is 2. The molecule has 42 valence electrons. The van der Waals surface area contributed by atoms with Gasteiger partial charge in [-0.15, -0.1) is 0 Å². The minimum absolute atomic E-state index is 0.0926. The second-order valence-corrected chi connectivity index (χ2v) is 1.75. The fourth-order valence-corrected chi connectivity index (χ4v) is 0.557. The van der Waals surface area contributed by atoms with Gasteiger partial charge in [0, 0.05) is 6.04 Å². The number of hydrogen-bond acceptors (Lipinski definition) is 2. The summed E-state index contributed by atoms with van der Waals surface area (Å²) >= 11 is 10.8. The lowest BCUT2D eigenvalue weighted by molar-refractivity contribution is 1.17. The van der Waals surface area contributed by atoms with E-state index in [0.717, 1.165) is 0 Å². The molecule has 1 aromatic heterocycles. The van der Waals surface area contributed by atoms with Crippen molar-refractivity contribution in [3.05, 3.63) is 22.7 Å². The summed E-state index contributed by atoms with van der Waals surface area (Å²) in [6, 6.07) is -0.140. The molecular formula is C4H2Cl2N2. The van der Waals surface area contributed by atoms with E-state index in [1.807, 2.05) is 0 Å². The van der Waals surface area contributed by atoms with E-state index in [0.29, 0.717) is 0 Å². The van der Waals surface area contributed by atoms with E-state index in [1.54, 1.807) is 0 Å². The molecule has 0 aliphatic rings. The molecule has 0 radical (unpaired) electrons. The summed E-state index contributed by atoms with van der Waals surface area (Å²) < 4.78 is 14.0. The average molecular weight is 151 g/mol. The summed E-state index contributed by atoms with van der Waals surface area (Å²) in [5.41, 5.74) is 0. The highest BCUT2D eigenvalue weighted by Crippen LogP contribution is 2.07. The molecule has 0 bridgehead atoms. The number of hydrogen-bond donors (Lipinski definition) is 0. The van der Waals surface area contributed by atoms with E-state index in [1.165, 1.54) is 0 Å². The van der Waals surface area contributed by atoms with Crippen molar-refractivity contribution < 1.29 is 2.74 Å². The van der Waals surface area contributed by atoms with Gasteiger partial charge in [0.15, 0.2) is 0 Å². The Morgan fingerprint density at radius 3 is 2.38 bits per heavy atom. The van der Waals surface area contributed by atoms with Crippen LogP contribution in [0.15, 0.2) is 12.3 Å². The molecule has 1 heterocycles. The van der Waals surface area contributed by atoms with Crippen molar-refractivity contribution in [3.8, 4) is 0 Å². The monoisotopic (exact) mass is 150 g/mol. The lowest BCUT2D eigenvalue weighted by atomic mass is 10.7. The zero-order valence-corrected chi connectivity index (χ0v) is 5.16. The lowest BCUT2D eigenvalue weighted by Crippen LogP contribution is -1.76. The molecule has 0 amide bonds. The SMILES string of the molecule is [2H]c1nc(Cl)c([2H])c(Cl)n1. The zero-order chi connectivity index (χ0) is 7.72. The summed E-state index contributed by atoms with van der Waals surface area (Å²) in [5, 5.41) is -0.185. The molecule has 0 saturated heterocycles. The van der Waals surface area contributed by atoms with Gasteiger partial charge in [-0.2, -0.15) is 0 Å². The summed E-state index contributed by atoms with van der Waals surface area (Å²) in [4.78, 5) is 6.77. The first-order chi connectivity index (χ1) is 4.61. The average Bonchev–Trinajstić information content (AvgIpc) is 1.82. The van der Waals surface area contributed by atoms with Gasteiger partial charge in [-0.05, 0) is 0 Å². The van der Waals surface area contributed by atoms with E-state index in [2.05, 4.69) is 9.97 Å². The zero-order valence-electron chi connectivity index (χ0n) is 5.65. The standard InChI is InChI=1S/C4H2Cl2N2/c5-3-1-4(6)8-2-7-3/h1-2H/i1D,2D. The molecule has 0 aliphatic carbocycles. The van der Waals surface area contributed by atoms with Gasteiger partial charge in [0.2, 0.25) is 0 Å². The van der Waals surface area contributed by atoms with Crippen LogP contribution in [0, 0.1) is 0 Å². The first-order valence-electron chi connectivity index (χ1n) is 2.77. The van der Waals surface area contributed by atoms with Gasteiger partial charge in [-0.1, -0.05) is 23.2 Å². The Kier molecular flexibility index (Phi) is 1.04. The summed E-state index contributed by atoms with van der Waals surface area (Å²) in [6.07, 6.45) is -0.272. The molecule has 0 saturated carbocycles. The largest absolute Gasteiger partial charge is 0.225 e. The molecule has 4 heteroatoms. The van der Waals surface area contributed by atoms with Crippen LogP contribution in [-0.4, -0.2) is 9.97 Å². The Labute approximate surface area is 59.3 Å². The van der Waals surface area contributed by atoms with Crippen LogP contribution in [0.3, 0.4) is 0 Å². The third-order valence-corrected chi connectivity index (χ3v) is 0.861. The van der Waals surface area contributed by atoms with Crippen molar-refractivity contribution in [1.29, 1.82) is 0 Å². The third-order valence-electron chi connectivity index (χ3n) is 0.503. The first-order valence-corrected chi connectivity index (χ1v) is 2.53. The molecule has 0 spiro atoms. The second-order valence-electron chi connectivity index (χ2n) is 1.03. The highest BCUT2D eigenvalue weighted by molar-refractivity contribution is 6.33. The predicted octanol–water partition coefficient (Wildman–Crippen LogP) is 1.78. The van der Waals surface area contributed by atoms with Crippen molar-refractivity contribution in [2.45, 2.75) is 0 Å². The molecule has 0 unspecified atom stereocenters. The Morgan fingerprint density at radius 1 is 1.38 bits per heavy atom. The fraction of sp³-hybridized carbons (Fsp3) is 0. The summed E-state index contributed by atoms with van der Waals surface area (Å²) in [5.74, 6) is 0. The minimum atomic E-state index is -0.272. The Morgan fingerprint density at radius 2 is 1.88 bits per heavy atom. The van der Waals surface area contributed by atoms with E-state index in [9.17, 15) is 0 Å². The molecule has 0 aliphatic heterocycles. The van der Waals surface area contributed by atoms with E-state index >= 15 is 0 Å². The van der Waals surface area contributed by atoms with E-state index < -0.39 is 0 Å². The van der Waals surface area contributed by atoms with Crippen molar-refractivity contribution in [3.63, 3.8) is 0 Å². The van der Waals surface area contributed by atoms with Crippen LogP contribution < -0.4 is 0 Å². The number of nitrogens with zero attached hydrogens (tertiary/aromatic N) is 2. The van der Waals surface area contributed by atoms with Crippen LogP contribution in [0.5, 0.6) is 0 Å². The summed E-state index contributed by atoms with van der Waals surface area (Å²) in [6.45, 7) is 0. The Hall–Kier alpha value is -0.340. The van der Waals surface area contributed by atoms with Gasteiger partial charge >= 0.3 is 0 Å². The van der Waals surface area contributed by atoms with Gasteiger partial charge in [0.25, 0.3) is 0 Å². The lowest BCUT2D eigenvalue weighted by Gasteiger charge is -1.85. The van der Waals surface area contributed by atoms with Crippen molar-refractivity contribution in [2.24, 2.45) is 0 Å². The van der Waals surface area contributed by atoms with E-state index in [-0.39, 0.29) is 22.7 Å². The van der Waals surface area contributed by atoms with Crippen LogP contribution in [0.1, 0.15) is 2.74 Å². The molecule has 0 aromatic carbocycles. The third kappa shape index (κ3) is 1.32. The summed E-state index contributed by atoms with van der Waals surface area (Å²) in [7, 11) is 0. The molecule has 1 rings (SSSR count). The maximum atomic E-state index is 7.07. The smallest absolute Gasteiger partial charge is 0.133 e. The molecule has 8 heavy (non-hydrogen) atoms. The number of rotatable bonds is 0. The molecule has 0 atom stereocenters. The van der Waals surface area contributed by atoms with Gasteiger partial charge in [0.1, 0.15) is 18.0 Å². The fourth-order valence-electron chi connectivity index (χ4n) is 0.254. The van der Waals surface area contributed by atoms with Crippen LogP contribution >= 0.6 is 23.2 Å². The van der Waals surface area contributed by atoms with Crippen LogP contribution in [-0.2, 0) is 0 Å². The van der Waals surface area contributed by atoms with Gasteiger partial charge in [-0.25, -0.2) is 9.97 Å². The van der Waals surface area contributed by atoms with E-state index in [4.69, 9.17) is 25.9 Å². The van der Waals surface area contributed by atoms with Crippen LogP contribution in [0.25, 0.3) is 0 Å². The normalized spacial score (nSPS) is 12.8. The highest BCUT2D eigenvalue weighted by atomic mass is 35.5. The van der Waals surface area contributed by atoms with Gasteiger partial charge < -0.3 is 0 Å². The van der Waals surface area contributed by atoms with Gasteiger partial charge in [-0.3, -0.25) is 0 Å². The maximum absolute atomic E-state index is 7.07.